The molecule has 0 spiro atoms. The maximum absolute atomic E-state index is 12.5. The smallest absolute Gasteiger partial charge is 0.215 e. The molecule has 0 aromatic heterocycles. The lowest BCUT2D eigenvalue weighted by Crippen LogP contribution is -2.42. The van der Waals surface area contributed by atoms with Gasteiger partial charge in [-0.25, -0.2) is 12.7 Å². The van der Waals surface area contributed by atoms with Crippen LogP contribution < -0.4 is 5.32 Å². The van der Waals surface area contributed by atoms with Crippen LogP contribution in [0.4, 0.5) is 0 Å². The molecule has 8 nitrogen and oxygen atoms in total. The van der Waals surface area contributed by atoms with E-state index in [1.165, 1.54) is 0 Å². The predicted octanol–water partition coefficient (Wildman–Crippen LogP) is 0.933. The average molecular weight is 551 g/mol. The Labute approximate surface area is 191 Å². The van der Waals surface area contributed by atoms with Crippen molar-refractivity contribution in [2.24, 2.45) is 10.9 Å². The van der Waals surface area contributed by atoms with Crippen molar-refractivity contribution >= 4 is 51.7 Å². The molecule has 0 aromatic rings. The van der Waals surface area contributed by atoms with Crippen molar-refractivity contribution in [2.45, 2.75) is 13.3 Å². The molecule has 0 aliphatic carbocycles. The van der Waals surface area contributed by atoms with Crippen molar-refractivity contribution in [1.29, 1.82) is 0 Å². The first kappa shape index (κ1) is 26.2. The van der Waals surface area contributed by atoms with Crippen LogP contribution in [0.2, 0.25) is 0 Å². The van der Waals surface area contributed by atoms with Crippen LogP contribution in [0.3, 0.4) is 0 Å². The lowest BCUT2D eigenvalue weighted by Gasteiger charge is -2.25. The summed E-state index contributed by atoms with van der Waals surface area (Å²) in [5.74, 6) is 3.12. The topological polar surface area (TPSA) is 83.5 Å². The van der Waals surface area contributed by atoms with E-state index in [1.807, 2.05) is 18.7 Å². The third kappa shape index (κ3) is 8.90. The van der Waals surface area contributed by atoms with Gasteiger partial charge in [-0.1, -0.05) is 0 Å². The van der Waals surface area contributed by atoms with Gasteiger partial charge in [-0.2, -0.15) is 11.8 Å². The molecular formula is C17H35IN4O4S2. The SMILES string of the molecule is CCNC(=NCCS(=O)(=O)N1CCSCC1)N1CCC(COCCOC)C1.I. The standard InChI is InChI=1S/C17H34N4O4S2.HI/c1-3-18-17(20-6-4-16(14-20)15-25-10-9-24-2)19-5-13-27(22,23)21-7-11-26-12-8-21;/h16H,3-15H2,1-2H3,(H,18,19);1H. The van der Waals surface area contributed by atoms with Crippen molar-refractivity contribution in [3.8, 4) is 0 Å². The normalized spacial score (nSPS) is 21.6. The summed E-state index contributed by atoms with van der Waals surface area (Å²) >= 11 is 1.81. The van der Waals surface area contributed by atoms with E-state index in [0.717, 1.165) is 50.1 Å². The minimum Gasteiger partial charge on any atom is -0.382 e. The Kier molecular flexibility index (Phi) is 13.3. The Bertz CT molecular complexity index is 559. The second-order valence-corrected chi connectivity index (χ2v) is 10.0. The number of rotatable bonds is 10. The molecule has 1 N–H and O–H groups in total. The molecule has 0 bridgehead atoms. The van der Waals surface area contributed by atoms with E-state index in [2.05, 4.69) is 15.2 Å². The summed E-state index contributed by atoms with van der Waals surface area (Å²) < 4.78 is 37.2. The van der Waals surface area contributed by atoms with Gasteiger partial charge in [0.2, 0.25) is 10.0 Å². The Balaban J connectivity index is 0.00000392. The monoisotopic (exact) mass is 550 g/mol. The molecule has 0 radical (unpaired) electrons. The Morgan fingerprint density at radius 1 is 1.25 bits per heavy atom. The van der Waals surface area contributed by atoms with Crippen LogP contribution in [0.5, 0.6) is 0 Å². The molecular weight excluding hydrogens is 515 g/mol. The Morgan fingerprint density at radius 3 is 2.68 bits per heavy atom. The predicted molar refractivity (Wildman–Crippen MR) is 126 cm³/mol. The number of hydrogen-bond acceptors (Lipinski definition) is 6. The quantitative estimate of drug-likeness (QED) is 0.188. The highest BCUT2D eigenvalue weighted by atomic mass is 127. The lowest BCUT2D eigenvalue weighted by atomic mass is 10.1. The zero-order valence-electron chi connectivity index (χ0n) is 17.0. The molecule has 2 heterocycles. The van der Waals surface area contributed by atoms with Gasteiger partial charge in [0.05, 0.1) is 32.1 Å². The van der Waals surface area contributed by atoms with Crippen molar-refractivity contribution < 1.29 is 17.9 Å². The van der Waals surface area contributed by atoms with Gasteiger partial charge in [-0.15, -0.1) is 24.0 Å². The van der Waals surface area contributed by atoms with E-state index in [9.17, 15) is 8.42 Å². The van der Waals surface area contributed by atoms with E-state index < -0.39 is 10.0 Å². The van der Waals surface area contributed by atoms with E-state index in [0.29, 0.717) is 38.8 Å². The fraction of sp³-hybridized carbons (Fsp3) is 0.941. The largest absolute Gasteiger partial charge is 0.382 e. The highest BCUT2D eigenvalue weighted by Crippen LogP contribution is 2.17. The van der Waals surface area contributed by atoms with Crippen molar-refractivity contribution in [3.63, 3.8) is 0 Å². The molecule has 0 saturated carbocycles. The molecule has 2 saturated heterocycles. The summed E-state index contributed by atoms with van der Waals surface area (Å²) in [5, 5.41) is 3.29. The van der Waals surface area contributed by atoms with Gasteiger partial charge in [0.25, 0.3) is 0 Å². The van der Waals surface area contributed by atoms with Crippen LogP contribution in [-0.2, 0) is 19.5 Å². The first-order valence-electron chi connectivity index (χ1n) is 9.72. The number of likely N-dealkylation sites (tertiary alicyclic amines) is 1. The van der Waals surface area contributed by atoms with Crippen LogP contribution in [0.1, 0.15) is 13.3 Å². The van der Waals surface area contributed by atoms with Crippen LogP contribution >= 0.6 is 35.7 Å². The minimum absolute atomic E-state index is 0. The Hall–Kier alpha value is 0.180. The molecule has 2 rings (SSSR count). The number of aliphatic imine (C=N–C) groups is 1. The number of sulfonamides is 1. The molecule has 2 aliphatic rings. The average Bonchev–Trinajstić information content (AvgIpc) is 3.14. The highest BCUT2D eigenvalue weighted by Gasteiger charge is 2.26. The van der Waals surface area contributed by atoms with Crippen LogP contribution in [0.15, 0.2) is 4.99 Å². The minimum atomic E-state index is -3.21. The van der Waals surface area contributed by atoms with Crippen molar-refractivity contribution in [3.05, 3.63) is 0 Å². The maximum atomic E-state index is 12.5. The molecule has 166 valence electrons. The first-order chi connectivity index (χ1) is 13.1. The molecule has 0 aromatic carbocycles. The Morgan fingerprint density at radius 2 is 2.00 bits per heavy atom. The molecule has 11 heteroatoms. The first-order valence-corrected chi connectivity index (χ1v) is 12.5. The highest BCUT2D eigenvalue weighted by molar-refractivity contribution is 14.0. The van der Waals surface area contributed by atoms with Gasteiger partial charge in [0.15, 0.2) is 5.96 Å². The number of ether oxygens (including phenoxy) is 2. The van der Waals surface area contributed by atoms with Crippen LogP contribution in [0.25, 0.3) is 0 Å². The fourth-order valence-electron chi connectivity index (χ4n) is 3.20. The van der Waals surface area contributed by atoms with Crippen molar-refractivity contribution in [2.75, 3.05) is 83.5 Å². The van der Waals surface area contributed by atoms with E-state index in [4.69, 9.17) is 9.47 Å². The van der Waals surface area contributed by atoms with Gasteiger partial charge < -0.3 is 19.7 Å². The lowest BCUT2D eigenvalue weighted by molar-refractivity contribution is 0.0536. The number of thioether (sulfide) groups is 1. The third-order valence-corrected chi connectivity index (χ3v) is 7.47. The van der Waals surface area contributed by atoms with Gasteiger partial charge in [0.1, 0.15) is 0 Å². The van der Waals surface area contributed by atoms with E-state index in [1.54, 1.807) is 11.4 Å². The molecule has 2 fully saturated rings. The number of hydrogen-bond donors (Lipinski definition) is 1. The summed E-state index contributed by atoms with van der Waals surface area (Å²) in [6.45, 7) is 8.08. The summed E-state index contributed by atoms with van der Waals surface area (Å²) in [6.07, 6.45) is 1.06. The van der Waals surface area contributed by atoms with Crippen molar-refractivity contribution in [1.82, 2.24) is 14.5 Å². The van der Waals surface area contributed by atoms with Gasteiger partial charge in [-0.05, 0) is 13.3 Å². The van der Waals surface area contributed by atoms with Crippen LogP contribution in [-0.4, -0.2) is 107 Å². The molecule has 2 aliphatic heterocycles. The summed E-state index contributed by atoms with van der Waals surface area (Å²) in [6, 6.07) is 0. The van der Waals surface area contributed by atoms with E-state index >= 15 is 0 Å². The summed E-state index contributed by atoms with van der Waals surface area (Å²) in [7, 11) is -1.54. The van der Waals surface area contributed by atoms with Crippen LogP contribution in [0, 0.1) is 5.92 Å². The number of nitrogens with one attached hydrogen (secondary N) is 1. The molecule has 0 amide bonds. The van der Waals surface area contributed by atoms with Gasteiger partial charge in [-0.3, -0.25) is 4.99 Å². The number of guanidine groups is 1. The number of methoxy groups -OCH3 is 1. The molecule has 1 atom stereocenters. The van der Waals surface area contributed by atoms with E-state index in [-0.39, 0.29) is 29.7 Å². The van der Waals surface area contributed by atoms with Gasteiger partial charge >= 0.3 is 0 Å². The zero-order chi connectivity index (χ0) is 19.5. The summed E-state index contributed by atoms with van der Waals surface area (Å²) in [4.78, 5) is 6.79. The third-order valence-electron chi connectivity index (χ3n) is 4.68. The molecule has 28 heavy (non-hydrogen) atoms. The zero-order valence-corrected chi connectivity index (χ0v) is 20.9. The second kappa shape index (κ2) is 14.2. The molecule has 1 unspecified atom stereocenters. The van der Waals surface area contributed by atoms with Gasteiger partial charge in [0, 0.05) is 57.3 Å². The number of nitrogens with zero attached hydrogens (tertiary/aromatic N) is 3. The number of halogens is 1. The summed E-state index contributed by atoms with van der Waals surface area (Å²) in [5.41, 5.74) is 0. The fourth-order valence-corrected chi connectivity index (χ4v) is 5.65. The second-order valence-electron chi connectivity index (χ2n) is 6.73. The maximum Gasteiger partial charge on any atom is 0.215 e.